The van der Waals surface area contributed by atoms with Crippen LogP contribution in [-0.4, -0.2) is 47.7 Å². The number of hydrogen-bond donors (Lipinski definition) is 1. The van der Waals surface area contributed by atoms with Crippen LogP contribution >= 0.6 is 0 Å². The van der Waals surface area contributed by atoms with Crippen molar-refractivity contribution >= 4 is 11.8 Å². The second-order valence-corrected chi connectivity index (χ2v) is 5.41. The van der Waals surface area contributed by atoms with E-state index in [1.165, 1.54) is 4.90 Å². The highest BCUT2D eigenvalue weighted by atomic mass is 16.5. The maximum Gasteiger partial charge on any atom is 0.293 e. The Balaban J connectivity index is 1.83. The van der Waals surface area contributed by atoms with Gasteiger partial charge >= 0.3 is 0 Å². The minimum atomic E-state index is -0.697. The number of hydrogen-bond acceptors (Lipinski definition) is 5. The Hall–Kier alpha value is -2.67. The molecule has 2 aromatic rings. The Morgan fingerprint density at radius 2 is 2.09 bits per heavy atom. The number of nitrogens with zero attached hydrogens (tertiary/aromatic N) is 2. The van der Waals surface area contributed by atoms with Crippen LogP contribution in [0.1, 0.15) is 17.0 Å². The van der Waals surface area contributed by atoms with Crippen LogP contribution in [-0.2, 0) is 9.53 Å². The van der Waals surface area contributed by atoms with Crippen LogP contribution in [0.4, 0.5) is 0 Å². The first-order valence-electron chi connectivity index (χ1n) is 7.25. The summed E-state index contributed by atoms with van der Waals surface area (Å²) >= 11 is 0. The van der Waals surface area contributed by atoms with E-state index in [0.29, 0.717) is 18.7 Å². The molecule has 2 heterocycles. The maximum absolute atomic E-state index is 12.6. The van der Waals surface area contributed by atoms with Gasteiger partial charge in [-0.2, -0.15) is 0 Å². The molecule has 0 unspecified atom stereocenters. The summed E-state index contributed by atoms with van der Waals surface area (Å²) in [4.78, 5) is 25.5. The van der Waals surface area contributed by atoms with E-state index in [1.807, 2.05) is 30.3 Å². The minimum absolute atomic E-state index is 0.0758. The first-order chi connectivity index (χ1) is 11.1. The van der Waals surface area contributed by atoms with Crippen LogP contribution in [0.2, 0.25) is 0 Å². The highest BCUT2D eigenvalue weighted by Crippen LogP contribution is 2.24. The van der Waals surface area contributed by atoms with Gasteiger partial charge in [0.1, 0.15) is 11.7 Å². The van der Waals surface area contributed by atoms with Gasteiger partial charge in [-0.15, -0.1) is 0 Å². The van der Waals surface area contributed by atoms with Gasteiger partial charge in [-0.25, -0.2) is 0 Å². The number of nitrogens with two attached hydrogens (primary N) is 1. The molecule has 2 N–H and O–H groups in total. The molecule has 3 rings (SSSR count). The highest BCUT2D eigenvalue weighted by molar-refractivity contribution is 5.96. The molecule has 1 aliphatic heterocycles. The average Bonchev–Trinajstić information content (AvgIpc) is 3.22. The van der Waals surface area contributed by atoms with E-state index in [-0.39, 0.29) is 11.9 Å². The van der Waals surface area contributed by atoms with Crippen LogP contribution in [0.15, 0.2) is 40.9 Å². The molecule has 0 saturated carbocycles. The lowest BCUT2D eigenvalue weighted by molar-refractivity contribution is -0.121. The van der Waals surface area contributed by atoms with E-state index >= 15 is 0 Å². The first kappa shape index (κ1) is 15.2. The predicted octanol–water partition coefficient (Wildman–Crippen LogP) is 1.06. The third kappa shape index (κ3) is 2.95. The fourth-order valence-electron chi connectivity index (χ4n) is 2.72. The number of rotatable bonds is 4. The molecule has 1 fully saturated rings. The molecule has 1 aliphatic rings. The standard InChI is InChI=1S/C16H17N3O4/c1-22-11-7-13(15(17)20)19(9-11)16(21)14-8-12(18-23-14)10-5-3-2-4-6-10/h2-6,8,11,13H,7,9H2,1H3,(H2,17,20)/t11-,13-/m0/s1. The molecule has 120 valence electrons. The summed E-state index contributed by atoms with van der Waals surface area (Å²) in [6.07, 6.45) is 0.171. The smallest absolute Gasteiger partial charge is 0.293 e. The third-order valence-electron chi connectivity index (χ3n) is 3.98. The minimum Gasteiger partial charge on any atom is -0.380 e. The second-order valence-electron chi connectivity index (χ2n) is 5.41. The summed E-state index contributed by atoms with van der Waals surface area (Å²) in [6.45, 7) is 0.296. The van der Waals surface area contributed by atoms with Gasteiger partial charge in [0.2, 0.25) is 11.7 Å². The molecule has 23 heavy (non-hydrogen) atoms. The zero-order valence-corrected chi connectivity index (χ0v) is 12.6. The summed E-state index contributed by atoms with van der Waals surface area (Å²) in [5.74, 6) is -0.893. The van der Waals surface area contributed by atoms with Crippen LogP contribution in [0.25, 0.3) is 11.3 Å². The van der Waals surface area contributed by atoms with Crippen LogP contribution in [0.3, 0.4) is 0 Å². The number of methoxy groups -OCH3 is 1. The van der Waals surface area contributed by atoms with E-state index in [1.54, 1.807) is 13.2 Å². The largest absolute Gasteiger partial charge is 0.380 e. The Kier molecular flexibility index (Phi) is 4.12. The quantitative estimate of drug-likeness (QED) is 0.909. The van der Waals surface area contributed by atoms with Crippen molar-refractivity contribution in [3.8, 4) is 11.3 Å². The Morgan fingerprint density at radius 3 is 2.74 bits per heavy atom. The summed E-state index contributed by atoms with van der Waals surface area (Å²) in [5, 5.41) is 3.92. The van der Waals surface area contributed by atoms with Crippen molar-refractivity contribution in [3.63, 3.8) is 0 Å². The van der Waals surface area contributed by atoms with Crippen LogP contribution in [0.5, 0.6) is 0 Å². The number of benzene rings is 1. The summed E-state index contributed by atoms with van der Waals surface area (Å²) < 4.78 is 10.4. The number of aromatic nitrogens is 1. The zero-order valence-electron chi connectivity index (χ0n) is 12.6. The zero-order chi connectivity index (χ0) is 16.4. The number of carbonyl (C=O) groups excluding carboxylic acids is 2. The molecule has 0 radical (unpaired) electrons. The third-order valence-corrected chi connectivity index (χ3v) is 3.98. The maximum atomic E-state index is 12.6. The second kappa shape index (κ2) is 6.21. The van der Waals surface area contributed by atoms with Gasteiger partial charge in [0.25, 0.3) is 5.91 Å². The fourth-order valence-corrected chi connectivity index (χ4v) is 2.72. The Morgan fingerprint density at radius 1 is 1.35 bits per heavy atom. The van der Waals surface area contributed by atoms with Gasteiger partial charge in [-0.1, -0.05) is 35.5 Å². The molecule has 0 aliphatic carbocycles. The van der Waals surface area contributed by atoms with Crippen LogP contribution in [0, 0.1) is 0 Å². The summed E-state index contributed by atoms with van der Waals surface area (Å²) in [5.41, 5.74) is 6.79. The van der Waals surface area contributed by atoms with Gasteiger partial charge < -0.3 is 19.9 Å². The SMILES string of the molecule is CO[C@H]1C[C@@H](C(N)=O)N(C(=O)c2cc(-c3ccccc3)no2)C1. The van der Waals surface area contributed by atoms with Crippen molar-refractivity contribution in [2.24, 2.45) is 5.73 Å². The van der Waals surface area contributed by atoms with Gasteiger partial charge in [0.05, 0.1) is 6.10 Å². The number of likely N-dealkylation sites (tertiary alicyclic amines) is 1. The molecular formula is C16H17N3O4. The predicted molar refractivity (Wildman–Crippen MR) is 81.4 cm³/mol. The van der Waals surface area contributed by atoms with Gasteiger partial charge in [-0.3, -0.25) is 9.59 Å². The van der Waals surface area contributed by atoms with Gasteiger partial charge in [0, 0.05) is 31.7 Å². The van der Waals surface area contributed by atoms with E-state index in [2.05, 4.69) is 5.16 Å². The lowest BCUT2D eigenvalue weighted by Gasteiger charge is -2.20. The summed E-state index contributed by atoms with van der Waals surface area (Å²) in [6, 6.07) is 10.2. The number of carbonyl (C=O) groups is 2. The van der Waals surface area contributed by atoms with Crippen molar-refractivity contribution < 1.29 is 18.8 Å². The first-order valence-corrected chi connectivity index (χ1v) is 7.25. The normalized spacial score (nSPS) is 20.7. The summed E-state index contributed by atoms with van der Waals surface area (Å²) in [7, 11) is 1.54. The van der Waals surface area contributed by atoms with Crippen molar-refractivity contribution in [1.82, 2.24) is 10.1 Å². The molecule has 0 spiro atoms. The van der Waals surface area contributed by atoms with Crippen molar-refractivity contribution in [2.45, 2.75) is 18.6 Å². The molecule has 2 atom stereocenters. The molecule has 0 bridgehead atoms. The van der Waals surface area contributed by atoms with Crippen molar-refractivity contribution in [3.05, 3.63) is 42.2 Å². The number of amides is 2. The number of primary amides is 1. The van der Waals surface area contributed by atoms with E-state index in [4.69, 9.17) is 15.0 Å². The van der Waals surface area contributed by atoms with Crippen LogP contribution < -0.4 is 5.73 Å². The Labute approximate surface area is 133 Å². The monoisotopic (exact) mass is 315 g/mol. The average molecular weight is 315 g/mol. The molecule has 1 aromatic carbocycles. The number of ether oxygens (including phenoxy) is 1. The molecule has 1 saturated heterocycles. The lowest BCUT2D eigenvalue weighted by Crippen LogP contribution is -2.43. The van der Waals surface area contributed by atoms with Gasteiger partial charge in [-0.05, 0) is 0 Å². The molecule has 1 aromatic heterocycles. The molecule has 2 amide bonds. The van der Waals surface area contributed by atoms with Crippen molar-refractivity contribution in [1.29, 1.82) is 0 Å². The lowest BCUT2D eigenvalue weighted by atomic mass is 10.1. The van der Waals surface area contributed by atoms with Gasteiger partial charge in [0.15, 0.2) is 0 Å². The molecule has 7 nitrogen and oxygen atoms in total. The molecular weight excluding hydrogens is 298 g/mol. The Bertz CT molecular complexity index is 713. The van der Waals surface area contributed by atoms with E-state index in [9.17, 15) is 9.59 Å². The van der Waals surface area contributed by atoms with Crippen molar-refractivity contribution in [2.75, 3.05) is 13.7 Å². The topological polar surface area (TPSA) is 98.7 Å². The van der Waals surface area contributed by atoms with E-state index in [0.717, 1.165) is 5.56 Å². The molecule has 7 heteroatoms. The fraction of sp³-hybridized carbons (Fsp3) is 0.312. The van der Waals surface area contributed by atoms with E-state index < -0.39 is 17.9 Å². The highest BCUT2D eigenvalue weighted by Gasteiger charge is 2.40.